The second-order valence-electron chi connectivity index (χ2n) is 6.03. The molecule has 1 saturated heterocycles. The molecule has 0 aromatic heterocycles. The molecule has 2 rings (SSSR count). The summed E-state index contributed by atoms with van der Waals surface area (Å²) in [6.45, 7) is 7.32. The van der Waals surface area contributed by atoms with Crippen molar-refractivity contribution < 1.29 is 17.9 Å². The van der Waals surface area contributed by atoms with Gasteiger partial charge in [0.25, 0.3) is 0 Å². The third kappa shape index (κ3) is 4.67. The van der Waals surface area contributed by atoms with Crippen LogP contribution in [0.15, 0.2) is 27.6 Å². The standard InChI is InChI=1S/C15H23BrN2O4S/c1-15(2,18-6-8-22-9-7-18)11-17-23(19,20)14-10-12(16)4-5-13(14)21-3/h4-5,10,17H,6-9,11H2,1-3H3. The van der Waals surface area contributed by atoms with Crippen molar-refractivity contribution in [2.24, 2.45) is 0 Å². The first kappa shape index (κ1) is 18.7. The van der Waals surface area contributed by atoms with Crippen molar-refractivity contribution in [2.75, 3.05) is 40.0 Å². The van der Waals surface area contributed by atoms with Crippen molar-refractivity contribution >= 4 is 26.0 Å². The van der Waals surface area contributed by atoms with Crippen LogP contribution in [-0.2, 0) is 14.8 Å². The predicted molar refractivity (Wildman–Crippen MR) is 92.4 cm³/mol. The van der Waals surface area contributed by atoms with Gasteiger partial charge in [0.05, 0.1) is 20.3 Å². The molecule has 1 heterocycles. The Kier molecular flexibility index (Phi) is 6.07. The number of methoxy groups -OCH3 is 1. The molecule has 6 nitrogen and oxygen atoms in total. The highest BCUT2D eigenvalue weighted by molar-refractivity contribution is 9.10. The van der Waals surface area contributed by atoms with Gasteiger partial charge in [0.15, 0.2) is 0 Å². The summed E-state index contributed by atoms with van der Waals surface area (Å²) in [7, 11) is -2.20. The molecule has 0 radical (unpaired) electrons. The summed E-state index contributed by atoms with van der Waals surface area (Å²) >= 11 is 3.30. The Morgan fingerprint density at radius 1 is 1.35 bits per heavy atom. The van der Waals surface area contributed by atoms with Crippen molar-refractivity contribution in [1.29, 1.82) is 0 Å². The Hall–Kier alpha value is -0.670. The molecule has 1 aromatic carbocycles. The van der Waals surface area contributed by atoms with Crippen LogP contribution in [0.5, 0.6) is 5.75 Å². The smallest absolute Gasteiger partial charge is 0.244 e. The van der Waals surface area contributed by atoms with Crippen molar-refractivity contribution in [3.8, 4) is 5.75 Å². The Bertz CT molecular complexity index is 643. The van der Waals surface area contributed by atoms with Crippen LogP contribution in [0.25, 0.3) is 0 Å². The van der Waals surface area contributed by atoms with Gasteiger partial charge in [-0.15, -0.1) is 0 Å². The van der Waals surface area contributed by atoms with Crippen molar-refractivity contribution in [2.45, 2.75) is 24.3 Å². The van der Waals surface area contributed by atoms with Gasteiger partial charge in [-0.2, -0.15) is 0 Å². The van der Waals surface area contributed by atoms with Crippen LogP contribution in [0.1, 0.15) is 13.8 Å². The minimum atomic E-state index is -3.66. The Morgan fingerprint density at radius 3 is 2.61 bits per heavy atom. The fourth-order valence-electron chi connectivity index (χ4n) is 2.49. The summed E-state index contributed by atoms with van der Waals surface area (Å²) in [6.07, 6.45) is 0. The third-order valence-corrected chi connectivity index (χ3v) is 5.89. The number of hydrogen-bond donors (Lipinski definition) is 1. The molecule has 1 fully saturated rings. The highest BCUT2D eigenvalue weighted by atomic mass is 79.9. The zero-order valence-electron chi connectivity index (χ0n) is 13.6. The SMILES string of the molecule is COc1ccc(Br)cc1S(=O)(=O)NCC(C)(C)N1CCOCC1. The van der Waals surface area contributed by atoms with Crippen molar-refractivity contribution in [1.82, 2.24) is 9.62 Å². The molecule has 1 aliphatic heterocycles. The fraction of sp³-hybridized carbons (Fsp3) is 0.600. The summed E-state index contributed by atoms with van der Waals surface area (Å²) < 4.78 is 39.2. The van der Waals surface area contributed by atoms with E-state index in [2.05, 4.69) is 25.6 Å². The normalized spacial score (nSPS) is 17.2. The molecule has 23 heavy (non-hydrogen) atoms. The lowest BCUT2D eigenvalue weighted by Crippen LogP contribution is -2.55. The molecule has 0 spiro atoms. The largest absolute Gasteiger partial charge is 0.495 e. The lowest BCUT2D eigenvalue weighted by atomic mass is 10.0. The van der Waals surface area contributed by atoms with Gasteiger partial charge in [-0.3, -0.25) is 4.90 Å². The lowest BCUT2D eigenvalue weighted by molar-refractivity contribution is -0.00803. The topological polar surface area (TPSA) is 67.9 Å². The molecular formula is C15H23BrN2O4S. The molecule has 1 aromatic rings. The molecule has 0 amide bonds. The molecule has 8 heteroatoms. The number of nitrogens with zero attached hydrogens (tertiary/aromatic N) is 1. The quantitative estimate of drug-likeness (QED) is 0.780. The van der Waals surface area contributed by atoms with Crippen LogP contribution in [0.4, 0.5) is 0 Å². The number of hydrogen-bond acceptors (Lipinski definition) is 5. The van der Waals surface area contributed by atoms with E-state index in [1.807, 2.05) is 13.8 Å². The summed E-state index contributed by atoms with van der Waals surface area (Å²) in [6, 6.07) is 4.92. The summed E-state index contributed by atoms with van der Waals surface area (Å²) in [5, 5.41) is 0. The van der Waals surface area contributed by atoms with E-state index in [-0.39, 0.29) is 10.4 Å². The molecule has 0 saturated carbocycles. The number of benzene rings is 1. The van der Waals surface area contributed by atoms with E-state index in [0.29, 0.717) is 30.0 Å². The van der Waals surface area contributed by atoms with E-state index < -0.39 is 10.0 Å². The summed E-state index contributed by atoms with van der Waals surface area (Å²) in [4.78, 5) is 2.36. The Labute approximate surface area is 146 Å². The van der Waals surface area contributed by atoms with E-state index in [0.717, 1.165) is 13.1 Å². The molecule has 0 aliphatic carbocycles. The molecule has 0 atom stereocenters. The zero-order valence-corrected chi connectivity index (χ0v) is 16.0. The second kappa shape index (κ2) is 7.48. The van der Waals surface area contributed by atoms with Gasteiger partial charge in [0.1, 0.15) is 10.6 Å². The molecule has 1 aliphatic rings. The number of morpholine rings is 1. The van der Waals surface area contributed by atoms with Crippen LogP contribution >= 0.6 is 15.9 Å². The average Bonchev–Trinajstić information content (AvgIpc) is 2.54. The van der Waals surface area contributed by atoms with Crippen molar-refractivity contribution in [3.63, 3.8) is 0 Å². The maximum Gasteiger partial charge on any atom is 0.244 e. The first-order chi connectivity index (χ1) is 10.8. The van der Waals surface area contributed by atoms with Gasteiger partial charge in [0, 0.05) is 29.6 Å². The number of rotatable bonds is 6. The predicted octanol–water partition coefficient (Wildman–Crippen LogP) is 1.85. The number of halogens is 1. The Balaban J connectivity index is 2.13. The van der Waals surface area contributed by atoms with E-state index in [1.54, 1.807) is 18.2 Å². The lowest BCUT2D eigenvalue weighted by Gasteiger charge is -2.40. The van der Waals surface area contributed by atoms with Gasteiger partial charge in [-0.1, -0.05) is 15.9 Å². The third-order valence-electron chi connectivity index (χ3n) is 3.98. The van der Waals surface area contributed by atoms with Gasteiger partial charge >= 0.3 is 0 Å². The van der Waals surface area contributed by atoms with Crippen LogP contribution in [-0.4, -0.2) is 58.8 Å². The van der Waals surface area contributed by atoms with Crippen LogP contribution in [0.2, 0.25) is 0 Å². The number of sulfonamides is 1. The van der Waals surface area contributed by atoms with Crippen LogP contribution in [0, 0.1) is 0 Å². The first-order valence-corrected chi connectivity index (χ1v) is 9.70. The zero-order chi connectivity index (χ0) is 17.1. The highest BCUT2D eigenvalue weighted by Crippen LogP contribution is 2.27. The molecule has 1 N–H and O–H groups in total. The van der Waals surface area contributed by atoms with E-state index >= 15 is 0 Å². The van der Waals surface area contributed by atoms with Gasteiger partial charge in [0.2, 0.25) is 10.0 Å². The summed E-state index contributed by atoms with van der Waals surface area (Å²) in [5.41, 5.74) is -0.296. The minimum absolute atomic E-state index is 0.132. The summed E-state index contributed by atoms with van der Waals surface area (Å²) in [5.74, 6) is 0.324. The van der Waals surface area contributed by atoms with Crippen molar-refractivity contribution in [3.05, 3.63) is 22.7 Å². The number of nitrogens with one attached hydrogen (secondary N) is 1. The Morgan fingerprint density at radius 2 is 2.00 bits per heavy atom. The molecular weight excluding hydrogens is 384 g/mol. The highest BCUT2D eigenvalue weighted by Gasteiger charge is 2.30. The second-order valence-corrected chi connectivity index (χ2v) is 8.68. The minimum Gasteiger partial charge on any atom is -0.495 e. The van der Waals surface area contributed by atoms with E-state index in [9.17, 15) is 8.42 Å². The maximum atomic E-state index is 12.6. The van der Waals surface area contributed by atoms with E-state index in [1.165, 1.54) is 7.11 Å². The van der Waals surface area contributed by atoms with Gasteiger partial charge in [-0.05, 0) is 32.0 Å². The van der Waals surface area contributed by atoms with Gasteiger partial charge in [-0.25, -0.2) is 13.1 Å². The van der Waals surface area contributed by atoms with Crippen LogP contribution < -0.4 is 9.46 Å². The molecule has 0 unspecified atom stereocenters. The first-order valence-electron chi connectivity index (χ1n) is 7.42. The maximum absolute atomic E-state index is 12.6. The van der Waals surface area contributed by atoms with Gasteiger partial charge < -0.3 is 9.47 Å². The van der Waals surface area contributed by atoms with E-state index in [4.69, 9.17) is 9.47 Å². The van der Waals surface area contributed by atoms with Crippen LogP contribution in [0.3, 0.4) is 0 Å². The molecule has 0 bridgehead atoms. The average molecular weight is 407 g/mol. The fourth-order valence-corrected chi connectivity index (χ4v) is 4.40. The number of ether oxygens (including phenoxy) is 2. The monoisotopic (exact) mass is 406 g/mol. The molecule has 130 valence electrons.